The molecule has 1 aromatic carbocycles. The van der Waals surface area contributed by atoms with Crippen molar-refractivity contribution in [1.29, 1.82) is 0 Å². The summed E-state index contributed by atoms with van der Waals surface area (Å²) >= 11 is 0. The Morgan fingerprint density at radius 3 is 2.84 bits per heavy atom. The molecule has 1 unspecified atom stereocenters. The lowest BCUT2D eigenvalue weighted by Gasteiger charge is -2.16. The average molecular weight is 424 g/mol. The van der Waals surface area contributed by atoms with E-state index in [9.17, 15) is 18.8 Å². The Kier molecular flexibility index (Phi) is 5.61. The van der Waals surface area contributed by atoms with Crippen LogP contribution in [0.2, 0.25) is 0 Å². The monoisotopic (exact) mass is 424 g/mol. The lowest BCUT2D eigenvalue weighted by Crippen LogP contribution is -2.36. The summed E-state index contributed by atoms with van der Waals surface area (Å²) in [6.45, 7) is 0.558. The predicted octanol–water partition coefficient (Wildman–Crippen LogP) is 0.952. The van der Waals surface area contributed by atoms with Crippen molar-refractivity contribution >= 4 is 17.5 Å². The minimum Gasteiger partial charge on any atom is -0.354 e. The molecule has 2 aromatic heterocycles. The first-order valence-electron chi connectivity index (χ1n) is 9.82. The summed E-state index contributed by atoms with van der Waals surface area (Å²) in [5.41, 5.74) is 0.844. The van der Waals surface area contributed by atoms with E-state index in [1.54, 1.807) is 31.6 Å². The Balaban J connectivity index is 1.36. The molecule has 10 heteroatoms. The number of benzene rings is 1. The van der Waals surface area contributed by atoms with Gasteiger partial charge in [0.25, 0.3) is 0 Å². The molecule has 2 amide bonds. The van der Waals surface area contributed by atoms with Gasteiger partial charge in [-0.3, -0.25) is 19.1 Å². The maximum absolute atomic E-state index is 13.4. The summed E-state index contributed by atoms with van der Waals surface area (Å²) < 4.78 is 16.1. The lowest BCUT2D eigenvalue weighted by atomic mass is 10.1. The summed E-state index contributed by atoms with van der Waals surface area (Å²) in [6, 6.07) is 9.29. The molecule has 9 nitrogen and oxygen atoms in total. The Morgan fingerprint density at radius 1 is 1.26 bits per heavy atom. The highest BCUT2D eigenvalue weighted by atomic mass is 19.1. The highest BCUT2D eigenvalue weighted by Gasteiger charge is 2.35. The largest absolute Gasteiger partial charge is 0.354 e. The van der Waals surface area contributed by atoms with Crippen LogP contribution in [0.15, 0.2) is 53.6 Å². The van der Waals surface area contributed by atoms with Gasteiger partial charge in [-0.15, -0.1) is 5.10 Å². The molecule has 0 bridgehead atoms. The molecule has 1 N–H and O–H groups in total. The molecule has 1 atom stereocenters. The number of pyridine rings is 1. The molecule has 3 aromatic rings. The van der Waals surface area contributed by atoms with Crippen LogP contribution in [0.1, 0.15) is 6.42 Å². The molecule has 1 aliphatic rings. The smallest absolute Gasteiger partial charge is 0.345 e. The van der Waals surface area contributed by atoms with E-state index in [1.807, 2.05) is 6.07 Å². The number of carbonyl (C=O) groups is 2. The molecule has 1 saturated heterocycles. The third-order valence-electron chi connectivity index (χ3n) is 5.20. The first-order valence-corrected chi connectivity index (χ1v) is 9.82. The van der Waals surface area contributed by atoms with Crippen LogP contribution in [0, 0.1) is 11.7 Å². The third kappa shape index (κ3) is 4.23. The first kappa shape index (κ1) is 20.5. The van der Waals surface area contributed by atoms with E-state index in [-0.39, 0.29) is 43.6 Å². The summed E-state index contributed by atoms with van der Waals surface area (Å²) in [6.07, 6.45) is 3.31. The zero-order valence-electron chi connectivity index (χ0n) is 16.9. The van der Waals surface area contributed by atoms with E-state index < -0.39 is 11.7 Å². The molecule has 0 spiro atoms. The highest BCUT2D eigenvalue weighted by molar-refractivity contribution is 6.00. The molecule has 1 aliphatic heterocycles. The Hall–Kier alpha value is -3.82. The lowest BCUT2D eigenvalue weighted by molar-refractivity contribution is -0.126. The number of anilines is 1. The van der Waals surface area contributed by atoms with Crippen LogP contribution in [0.25, 0.3) is 11.4 Å². The van der Waals surface area contributed by atoms with E-state index >= 15 is 0 Å². The van der Waals surface area contributed by atoms with Crippen LogP contribution in [0.3, 0.4) is 0 Å². The topological polar surface area (TPSA) is 102 Å². The zero-order chi connectivity index (χ0) is 22.0. The fourth-order valence-corrected chi connectivity index (χ4v) is 3.59. The highest BCUT2D eigenvalue weighted by Crippen LogP contribution is 2.25. The summed E-state index contributed by atoms with van der Waals surface area (Å²) in [5.74, 6) is -1.01. The predicted molar refractivity (Wildman–Crippen MR) is 111 cm³/mol. The Morgan fingerprint density at radius 2 is 2.10 bits per heavy atom. The van der Waals surface area contributed by atoms with Crippen LogP contribution in [-0.4, -0.2) is 44.2 Å². The molecule has 1 fully saturated rings. The second kappa shape index (κ2) is 8.50. The molecule has 3 heterocycles. The van der Waals surface area contributed by atoms with Gasteiger partial charge in [-0.25, -0.2) is 13.9 Å². The van der Waals surface area contributed by atoms with Gasteiger partial charge in [0.15, 0.2) is 5.82 Å². The summed E-state index contributed by atoms with van der Waals surface area (Å²) in [7, 11) is 1.62. The van der Waals surface area contributed by atoms with Crippen molar-refractivity contribution in [2.24, 2.45) is 13.0 Å². The number of hydrogen-bond acceptors (Lipinski definition) is 5. The van der Waals surface area contributed by atoms with E-state index in [1.165, 1.54) is 32.3 Å². The van der Waals surface area contributed by atoms with Crippen LogP contribution >= 0.6 is 0 Å². The fraction of sp³-hybridized carbons (Fsp3) is 0.286. The van der Waals surface area contributed by atoms with Crippen LogP contribution in [0.4, 0.5) is 10.1 Å². The number of hydrogen-bond donors (Lipinski definition) is 1. The van der Waals surface area contributed by atoms with Crippen molar-refractivity contribution in [3.8, 4) is 11.4 Å². The third-order valence-corrected chi connectivity index (χ3v) is 5.20. The average Bonchev–Trinajstić information content (AvgIpc) is 3.29. The van der Waals surface area contributed by atoms with E-state index in [4.69, 9.17) is 0 Å². The number of nitrogens with zero attached hydrogens (tertiary/aromatic N) is 5. The Labute approximate surface area is 177 Å². The number of aromatic nitrogens is 4. The van der Waals surface area contributed by atoms with Crippen molar-refractivity contribution in [1.82, 2.24) is 24.6 Å². The minimum atomic E-state index is -0.540. The van der Waals surface area contributed by atoms with Gasteiger partial charge in [0, 0.05) is 50.2 Å². The molecule has 160 valence electrons. The number of halogens is 1. The summed E-state index contributed by atoms with van der Waals surface area (Å²) in [5, 5.41) is 7.08. The van der Waals surface area contributed by atoms with Crippen molar-refractivity contribution in [3.05, 3.63) is 65.1 Å². The first-order chi connectivity index (χ1) is 14.9. The van der Waals surface area contributed by atoms with Crippen molar-refractivity contribution < 1.29 is 14.0 Å². The van der Waals surface area contributed by atoms with Crippen LogP contribution in [-0.2, 0) is 23.2 Å². The van der Waals surface area contributed by atoms with Crippen molar-refractivity contribution in [2.45, 2.75) is 13.0 Å². The van der Waals surface area contributed by atoms with Crippen molar-refractivity contribution in [2.75, 3.05) is 18.0 Å². The van der Waals surface area contributed by atoms with Gasteiger partial charge in [-0.2, -0.15) is 0 Å². The van der Waals surface area contributed by atoms with Gasteiger partial charge in [0.05, 0.1) is 12.5 Å². The van der Waals surface area contributed by atoms with E-state index in [2.05, 4.69) is 15.4 Å². The van der Waals surface area contributed by atoms with E-state index in [0.717, 1.165) is 0 Å². The quantitative estimate of drug-likeness (QED) is 0.635. The molecule has 0 saturated carbocycles. The molecule has 31 heavy (non-hydrogen) atoms. The van der Waals surface area contributed by atoms with Gasteiger partial charge in [0.1, 0.15) is 5.82 Å². The normalized spacial score (nSPS) is 16.0. The van der Waals surface area contributed by atoms with Crippen LogP contribution in [0.5, 0.6) is 0 Å². The fourth-order valence-electron chi connectivity index (χ4n) is 3.59. The SMILES string of the molecule is Cn1c(-c2cccnc2)nn(CCNC(=O)C2CC(=O)N(c3cccc(F)c3)C2)c1=O. The Bertz CT molecular complexity index is 1170. The number of carbonyl (C=O) groups excluding carboxylic acids is 2. The van der Waals surface area contributed by atoms with Crippen molar-refractivity contribution in [3.63, 3.8) is 0 Å². The molecular formula is C21H21FN6O3. The molecular weight excluding hydrogens is 403 g/mol. The second-order valence-corrected chi connectivity index (χ2v) is 7.31. The second-order valence-electron chi connectivity index (χ2n) is 7.31. The van der Waals surface area contributed by atoms with Crippen LogP contribution < -0.4 is 15.9 Å². The van der Waals surface area contributed by atoms with Gasteiger partial charge >= 0.3 is 5.69 Å². The maximum atomic E-state index is 13.4. The number of rotatable bonds is 6. The van der Waals surface area contributed by atoms with Gasteiger partial charge < -0.3 is 10.2 Å². The zero-order valence-corrected chi connectivity index (χ0v) is 16.9. The molecule has 0 aliphatic carbocycles. The van der Waals surface area contributed by atoms with E-state index in [0.29, 0.717) is 17.1 Å². The van der Waals surface area contributed by atoms with Gasteiger partial charge in [-0.05, 0) is 30.3 Å². The number of nitrogens with one attached hydrogen (secondary N) is 1. The standard InChI is InChI=1S/C21H21FN6O3/c1-26-19(14-4-3-7-23-12-14)25-28(21(26)31)9-8-24-20(30)15-10-18(29)27(13-15)17-6-2-5-16(22)11-17/h2-7,11-12,15H,8-10,13H2,1H3,(H,24,30). The number of amides is 2. The maximum Gasteiger partial charge on any atom is 0.345 e. The minimum absolute atomic E-state index is 0.0526. The van der Waals surface area contributed by atoms with Gasteiger partial charge in [0.2, 0.25) is 11.8 Å². The molecule has 0 radical (unpaired) electrons. The molecule has 4 rings (SSSR count). The summed E-state index contributed by atoms with van der Waals surface area (Å²) in [4.78, 5) is 42.7. The van der Waals surface area contributed by atoms with Gasteiger partial charge in [-0.1, -0.05) is 6.07 Å².